The lowest BCUT2D eigenvalue weighted by molar-refractivity contribution is 0.0939. The molecule has 0 spiro atoms. The van der Waals surface area contributed by atoms with Gasteiger partial charge in [0.25, 0.3) is 5.91 Å². The molecule has 19 heavy (non-hydrogen) atoms. The molecular weight excluding hydrogens is 246 g/mol. The number of nitrogens with zero attached hydrogens (tertiary/aromatic N) is 1. The zero-order valence-corrected chi connectivity index (χ0v) is 11.0. The van der Waals surface area contributed by atoms with Crippen molar-refractivity contribution >= 4 is 5.91 Å². The molecule has 1 unspecified atom stereocenters. The van der Waals surface area contributed by atoms with Crippen molar-refractivity contribution in [2.24, 2.45) is 0 Å². The van der Waals surface area contributed by atoms with E-state index in [1.165, 1.54) is 12.3 Å². The van der Waals surface area contributed by atoms with Crippen molar-refractivity contribution in [2.75, 3.05) is 0 Å². The quantitative estimate of drug-likeness (QED) is 0.875. The van der Waals surface area contributed by atoms with Crippen molar-refractivity contribution in [3.63, 3.8) is 0 Å². The number of rotatable bonds is 3. The Kier molecular flexibility index (Phi) is 3.50. The molecule has 0 saturated carbocycles. The molecule has 0 aliphatic rings. The maximum Gasteiger partial charge on any atom is 0.252 e. The molecule has 2 heterocycles. The van der Waals surface area contributed by atoms with Gasteiger partial charge in [-0.05, 0) is 26.8 Å². The van der Waals surface area contributed by atoms with Crippen LogP contribution in [-0.2, 0) is 0 Å². The molecule has 1 amide bonds. The highest BCUT2D eigenvalue weighted by atomic mass is 16.5. The van der Waals surface area contributed by atoms with Gasteiger partial charge in [-0.25, -0.2) is 0 Å². The summed E-state index contributed by atoms with van der Waals surface area (Å²) < 4.78 is 5.07. The summed E-state index contributed by atoms with van der Waals surface area (Å²) in [5, 5.41) is 6.67. The largest absolute Gasteiger partial charge is 0.361 e. The third kappa shape index (κ3) is 2.73. The highest BCUT2D eigenvalue weighted by Crippen LogP contribution is 2.21. The Hall–Kier alpha value is -2.37. The molecule has 0 aliphatic heterocycles. The van der Waals surface area contributed by atoms with Crippen LogP contribution < -0.4 is 10.9 Å². The first kappa shape index (κ1) is 13.1. The van der Waals surface area contributed by atoms with Gasteiger partial charge in [0.05, 0.1) is 11.7 Å². The number of nitrogens with one attached hydrogen (secondary N) is 2. The molecule has 2 aromatic heterocycles. The minimum Gasteiger partial charge on any atom is -0.361 e. The van der Waals surface area contributed by atoms with Crippen LogP contribution in [0.1, 0.15) is 40.3 Å². The van der Waals surface area contributed by atoms with E-state index in [2.05, 4.69) is 15.5 Å². The number of aromatic amines is 1. The molecule has 0 radical (unpaired) electrons. The average molecular weight is 261 g/mol. The number of pyridine rings is 1. The average Bonchev–Trinajstić information content (AvgIpc) is 2.69. The summed E-state index contributed by atoms with van der Waals surface area (Å²) in [6.07, 6.45) is 1.44. The predicted molar refractivity (Wildman–Crippen MR) is 68.9 cm³/mol. The highest BCUT2D eigenvalue weighted by Gasteiger charge is 2.18. The molecule has 2 aromatic rings. The summed E-state index contributed by atoms with van der Waals surface area (Å²) in [4.78, 5) is 25.6. The molecule has 0 aromatic carbocycles. The van der Waals surface area contributed by atoms with Crippen LogP contribution in [0.4, 0.5) is 0 Å². The van der Waals surface area contributed by atoms with Crippen LogP contribution in [0.5, 0.6) is 0 Å². The van der Waals surface area contributed by atoms with E-state index in [1.807, 2.05) is 13.8 Å². The van der Waals surface area contributed by atoms with Crippen molar-refractivity contribution in [3.8, 4) is 0 Å². The van der Waals surface area contributed by atoms with Crippen LogP contribution in [0.3, 0.4) is 0 Å². The lowest BCUT2D eigenvalue weighted by atomic mass is 10.1. The van der Waals surface area contributed by atoms with Gasteiger partial charge in [0.15, 0.2) is 0 Å². The number of aromatic nitrogens is 2. The van der Waals surface area contributed by atoms with E-state index in [0.29, 0.717) is 11.3 Å². The first-order chi connectivity index (χ1) is 8.99. The fraction of sp³-hybridized carbons (Fsp3) is 0.308. The van der Waals surface area contributed by atoms with Crippen molar-refractivity contribution in [2.45, 2.75) is 26.8 Å². The van der Waals surface area contributed by atoms with Gasteiger partial charge in [-0.1, -0.05) is 5.16 Å². The Labute approximate surface area is 109 Å². The van der Waals surface area contributed by atoms with E-state index >= 15 is 0 Å². The van der Waals surface area contributed by atoms with Gasteiger partial charge in [-0.2, -0.15) is 0 Å². The molecule has 0 aliphatic carbocycles. The van der Waals surface area contributed by atoms with Gasteiger partial charge < -0.3 is 14.8 Å². The molecule has 1 atom stereocenters. The van der Waals surface area contributed by atoms with Gasteiger partial charge >= 0.3 is 0 Å². The summed E-state index contributed by atoms with van der Waals surface area (Å²) in [7, 11) is 0. The van der Waals surface area contributed by atoms with Crippen LogP contribution in [0.25, 0.3) is 0 Å². The molecule has 0 fully saturated rings. The zero-order chi connectivity index (χ0) is 14.0. The zero-order valence-electron chi connectivity index (χ0n) is 11.0. The van der Waals surface area contributed by atoms with Gasteiger partial charge in [-0.3, -0.25) is 9.59 Å². The summed E-state index contributed by atoms with van der Waals surface area (Å²) in [6, 6.07) is 2.57. The Morgan fingerprint density at radius 2 is 2.21 bits per heavy atom. The molecular formula is C13H15N3O3. The monoisotopic (exact) mass is 261 g/mol. The normalized spacial score (nSPS) is 12.2. The van der Waals surface area contributed by atoms with Gasteiger partial charge in [0, 0.05) is 23.4 Å². The fourth-order valence-electron chi connectivity index (χ4n) is 2.05. The maximum atomic E-state index is 12.0. The third-order valence-electron chi connectivity index (χ3n) is 2.91. The number of amides is 1. The molecule has 6 nitrogen and oxygen atoms in total. The topological polar surface area (TPSA) is 88.0 Å². The molecule has 2 N–H and O–H groups in total. The number of aryl methyl sites for hydroxylation is 2. The predicted octanol–water partition coefficient (Wildman–Crippen LogP) is 1.47. The number of hydrogen-bond donors (Lipinski definition) is 2. The second-order valence-electron chi connectivity index (χ2n) is 4.37. The van der Waals surface area contributed by atoms with E-state index < -0.39 is 0 Å². The molecule has 100 valence electrons. The fourth-order valence-corrected chi connectivity index (χ4v) is 2.05. The minimum absolute atomic E-state index is 0.238. The maximum absolute atomic E-state index is 12.0. The van der Waals surface area contributed by atoms with E-state index in [4.69, 9.17) is 4.52 Å². The van der Waals surface area contributed by atoms with E-state index in [9.17, 15) is 9.59 Å². The Balaban J connectivity index is 2.18. The second kappa shape index (κ2) is 5.09. The van der Waals surface area contributed by atoms with Gasteiger partial charge in [0.1, 0.15) is 5.76 Å². The van der Waals surface area contributed by atoms with Crippen molar-refractivity contribution in [1.82, 2.24) is 15.5 Å². The lowest BCUT2D eigenvalue weighted by Crippen LogP contribution is -2.28. The molecule has 0 saturated heterocycles. The third-order valence-corrected chi connectivity index (χ3v) is 2.91. The van der Waals surface area contributed by atoms with E-state index in [1.54, 1.807) is 13.0 Å². The highest BCUT2D eigenvalue weighted by molar-refractivity contribution is 5.94. The van der Waals surface area contributed by atoms with Crippen LogP contribution in [0, 0.1) is 13.8 Å². The Morgan fingerprint density at radius 1 is 1.47 bits per heavy atom. The van der Waals surface area contributed by atoms with Crippen LogP contribution in [0.15, 0.2) is 27.6 Å². The minimum atomic E-state index is -0.308. The Bertz CT molecular complexity index is 638. The van der Waals surface area contributed by atoms with Crippen LogP contribution in [-0.4, -0.2) is 16.0 Å². The molecule has 6 heteroatoms. The smallest absolute Gasteiger partial charge is 0.252 e. The number of carbonyl (C=O) groups excluding carboxylic acids is 1. The summed E-state index contributed by atoms with van der Waals surface area (Å²) in [6.45, 7) is 5.46. The van der Waals surface area contributed by atoms with Gasteiger partial charge in [0.2, 0.25) is 5.56 Å². The van der Waals surface area contributed by atoms with E-state index in [-0.39, 0.29) is 17.5 Å². The Morgan fingerprint density at radius 3 is 2.79 bits per heavy atom. The van der Waals surface area contributed by atoms with Crippen LogP contribution in [0.2, 0.25) is 0 Å². The summed E-state index contributed by atoms with van der Waals surface area (Å²) in [5.41, 5.74) is 1.62. The number of carbonyl (C=O) groups is 1. The number of H-pyrrole nitrogens is 1. The molecule has 0 bridgehead atoms. The SMILES string of the molecule is Cc1noc(C)c1C(C)NC(=O)c1cc[nH]c(=O)c1. The number of hydrogen-bond acceptors (Lipinski definition) is 4. The first-order valence-corrected chi connectivity index (χ1v) is 5.91. The van der Waals surface area contributed by atoms with Crippen molar-refractivity contribution in [3.05, 3.63) is 51.3 Å². The summed E-state index contributed by atoms with van der Waals surface area (Å²) in [5.74, 6) is 0.370. The van der Waals surface area contributed by atoms with Gasteiger partial charge in [-0.15, -0.1) is 0 Å². The van der Waals surface area contributed by atoms with E-state index in [0.717, 1.165) is 11.3 Å². The van der Waals surface area contributed by atoms with Crippen LogP contribution >= 0.6 is 0 Å². The standard InChI is InChI=1S/C13H15N3O3/c1-7(12-8(2)16-19-9(12)3)15-13(18)10-4-5-14-11(17)6-10/h4-7H,1-3H3,(H,14,17)(H,15,18). The first-order valence-electron chi connectivity index (χ1n) is 5.91. The molecule has 2 rings (SSSR count). The van der Waals surface area contributed by atoms with Crippen molar-refractivity contribution < 1.29 is 9.32 Å². The summed E-state index contributed by atoms with van der Waals surface area (Å²) >= 11 is 0. The van der Waals surface area contributed by atoms with Crippen molar-refractivity contribution in [1.29, 1.82) is 0 Å². The lowest BCUT2D eigenvalue weighted by Gasteiger charge is -2.13. The second-order valence-corrected chi connectivity index (χ2v) is 4.37.